The molecule has 0 radical (unpaired) electrons. The molecule has 1 unspecified atom stereocenters. The summed E-state index contributed by atoms with van der Waals surface area (Å²) in [6.07, 6.45) is 4.36. The third kappa shape index (κ3) is 8.96. The van der Waals surface area contributed by atoms with Crippen molar-refractivity contribution in [1.82, 2.24) is 25.3 Å². The summed E-state index contributed by atoms with van der Waals surface area (Å²) in [4.78, 5) is 28.7. The van der Waals surface area contributed by atoms with E-state index in [1.54, 1.807) is 20.3 Å². The normalized spacial score (nSPS) is 15.5. The number of aliphatic hydroxyl groups excluding tert-OH is 1. The van der Waals surface area contributed by atoms with Crippen LogP contribution in [0.15, 0.2) is 24.3 Å². The minimum absolute atomic E-state index is 0.135. The Labute approximate surface area is 238 Å². The van der Waals surface area contributed by atoms with Crippen LogP contribution in [-0.4, -0.2) is 84.1 Å². The summed E-state index contributed by atoms with van der Waals surface area (Å²) in [6, 6.07) is 6.96. The summed E-state index contributed by atoms with van der Waals surface area (Å²) in [6.45, 7) is 9.74. The molecule has 10 heteroatoms. The van der Waals surface area contributed by atoms with Crippen LogP contribution >= 0.6 is 0 Å². The number of nitrogens with zero attached hydrogens (tertiary/aromatic N) is 3. The summed E-state index contributed by atoms with van der Waals surface area (Å²) in [5.41, 5.74) is 1.73. The Morgan fingerprint density at radius 3 is 2.38 bits per heavy atom. The molecule has 1 fully saturated rings. The molecule has 222 valence electrons. The zero-order valence-corrected chi connectivity index (χ0v) is 24.7. The summed E-state index contributed by atoms with van der Waals surface area (Å²) in [5, 5.41) is 20.4. The van der Waals surface area contributed by atoms with E-state index in [4.69, 9.17) is 9.47 Å². The van der Waals surface area contributed by atoms with Gasteiger partial charge in [-0.2, -0.15) is 5.10 Å². The van der Waals surface area contributed by atoms with Gasteiger partial charge in [0, 0.05) is 32.1 Å². The van der Waals surface area contributed by atoms with Crippen LogP contribution < -0.4 is 20.1 Å². The Kier molecular flexibility index (Phi) is 12.3. The second kappa shape index (κ2) is 15.6. The van der Waals surface area contributed by atoms with Gasteiger partial charge in [0.1, 0.15) is 11.5 Å². The van der Waals surface area contributed by atoms with Crippen molar-refractivity contribution in [3.8, 4) is 22.8 Å². The van der Waals surface area contributed by atoms with Crippen LogP contribution in [-0.2, 0) is 11.3 Å². The molecule has 10 nitrogen and oxygen atoms in total. The summed E-state index contributed by atoms with van der Waals surface area (Å²) < 4.78 is 13.1. The van der Waals surface area contributed by atoms with Gasteiger partial charge in [0.2, 0.25) is 5.91 Å². The quantitative estimate of drug-likeness (QED) is 0.307. The van der Waals surface area contributed by atoms with Gasteiger partial charge in [-0.15, -0.1) is 0 Å². The van der Waals surface area contributed by atoms with Crippen LogP contribution in [0, 0.1) is 5.92 Å². The number of carbonyl (C=O) groups is 2. The first-order valence-electron chi connectivity index (χ1n) is 14.5. The monoisotopic (exact) mass is 557 g/mol. The van der Waals surface area contributed by atoms with Gasteiger partial charge < -0.3 is 30.1 Å². The van der Waals surface area contributed by atoms with Crippen molar-refractivity contribution >= 4 is 11.8 Å². The molecule has 0 aliphatic carbocycles. The number of hydrogen-bond acceptors (Lipinski definition) is 7. The second-order valence-corrected chi connectivity index (χ2v) is 11.0. The highest BCUT2D eigenvalue weighted by molar-refractivity contribution is 5.94. The smallest absolute Gasteiger partial charge is 0.272 e. The van der Waals surface area contributed by atoms with Gasteiger partial charge in [-0.05, 0) is 62.9 Å². The fraction of sp³-hybridized carbons (Fsp3) is 0.633. The van der Waals surface area contributed by atoms with Crippen LogP contribution in [0.5, 0.6) is 11.5 Å². The fourth-order valence-electron chi connectivity index (χ4n) is 5.00. The zero-order valence-electron chi connectivity index (χ0n) is 24.7. The highest BCUT2D eigenvalue weighted by Gasteiger charge is 2.25. The van der Waals surface area contributed by atoms with Crippen molar-refractivity contribution in [1.29, 1.82) is 0 Å². The van der Waals surface area contributed by atoms with Gasteiger partial charge in [0.05, 0.1) is 31.6 Å². The first-order valence-corrected chi connectivity index (χ1v) is 14.5. The van der Waals surface area contributed by atoms with Gasteiger partial charge in [-0.1, -0.05) is 33.3 Å². The van der Waals surface area contributed by atoms with Crippen molar-refractivity contribution in [2.45, 2.75) is 78.0 Å². The Morgan fingerprint density at radius 2 is 1.77 bits per heavy atom. The summed E-state index contributed by atoms with van der Waals surface area (Å²) >= 11 is 0. The van der Waals surface area contributed by atoms with E-state index < -0.39 is 6.10 Å². The average Bonchev–Trinajstić information content (AvgIpc) is 3.37. The van der Waals surface area contributed by atoms with Gasteiger partial charge in [0.15, 0.2) is 5.69 Å². The van der Waals surface area contributed by atoms with Gasteiger partial charge in [-0.3, -0.25) is 14.3 Å². The predicted octanol–water partition coefficient (Wildman–Crippen LogP) is 3.47. The topological polar surface area (TPSA) is 118 Å². The molecule has 2 aromatic rings. The number of methoxy groups -OCH3 is 2. The Morgan fingerprint density at radius 1 is 1.10 bits per heavy atom. The SMILES string of the molecule is CCC(O)CNC(=O)C[C@H](CCN1CCCCC1)NC(=O)c1cc(-c2c(OC)cccc2OC)n(CC(C)C)n1. The van der Waals surface area contributed by atoms with Crippen LogP contribution in [0.25, 0.3) is 11.3 Å². The molecule has 1 aliphatic rings. The number of piperidine rings is 1. The number of amides is 2. The van der Waals surface area contributed by atoms with Crippen molar-refractivity contribution < 1.29 is 24.2 Å². The molecular formula is C30H47N5O5. The molecule has 0 spiro atoms. The molecule has 2 amide bonds. The van der Waals surface area contributed by atoms with E-state index in [1.165, 1.54) is 19.3 Å². The first kappa shape index (κ1) is 31.4. The number of carbonyl (C=O) groups excluding carboxylic acids is 2. The number of hydrogen-bond donors (Lipinski definition) is 3. The lowest BCUT2D eigenvalue weighted by Gasteiger charge is -2.28. The number of rotatable bonds is 15. The Hall–Kier alpha value is -3.11. The zero-order chi connectivity index (χ0) is 29.1. The van der Waals surface area contributed by atoms with Gasteiger partial charge >= 0.3 is 0 Å². The van der Waals surface area contributed by atoms with E-state index in [0.717, 1.165) is 30.9 Å². The number of aliphatic hydroxyl groups is 1. The molecule has 40 heavy (non-hydrogen) atoms. The number of aromatic nitrogens is 2. The van der Waals surface area contributed by atoms with Gasteiger partial charge in [0.25, 0.3) is 5.91 Å². The number of likely N-dealkylation sites (tertiary alicyclic amines) is 1. The maximum atomic E-state index is 13.6. The lowest BCUT2D eigenvalue weighted by Crippen LogP contribution is -2.43. The van der Waals surface area contributed by atoms with Crippen LogP contribution in [0.4, 0.5) is 0 Å². The lowest BCUT2D eigenvalue weighted by atomic mass is 10.1. The minimum Gasteiger partial charge on any atom is -0.496 e. The molecular weight excluding hydrogens is 510 g/mol. The predicted molar refractivity (Wildman–Crippen MR) is 156 cm³/mol. The van der Waals surface area contributed by atoms with Crippen LogP contribution in [0.3, 0.4) is 0 Å². The molecule has 0 saturated carbocycles. The second-order valence-electron chi connectivity index (χ2n) is 11.0. The molecule has 2 atom stereocenters. The van der Waals surface area contributed by atoms with E-state index in [0.29, 0.717) is 30.9 Å². The fourth-order valence-corrected chi connectivity index (χ4v) is 5.00. The number of ether oxygens (including phenoxy) is 2. The summed E-state index contributed by atoms with van der Waals surface area (Å²) in [7, 11) is 3.21. The van der Waals surface area contributed by atoms with Crippen molar-refractivity contribution in [2.75, 3.05) is 40.4 Å². The number of nitrogens with one attached hydrogen (secondary N) is 2. The molecule has 1 aromatic heterocycles. The molecule has 1 aliphatic heterocycles. The highest BCUT2D eigenvalue weighted by Crippen LogP contribution is 2.38. The Bertz CT molecular complexity index is 1070. The molecule has 3 rings (SSSR count). The maximum Gasteiger partial charge on any atom is 0.272 e. The molecule has 2 heterocycles. The average molecular weight is 558 g/mol. The van der Waals surface area contributed by atoms with Crippen molar-refractivity contribution in [2.24, 2.45) is 5.92 Å². The van der Waals surface area contributed by atoms with E-state index in [-0.39, 0.29) is 42.4 Å². The van der Waals surface area contributed by atoms with E-state index in [2.05, 4.69) is 34.5 Å². The van der Waals surface area contributed by atoms with E-state index >= 15 is 0 Å². The summed E-state index contributed by atoms with van der Waals surface area (Å²) in [5.74, 6) is 1.02. The van der Waals surface area contributed by atoms with Gasteiger partial charge in [-0.25, -0.2) is 0 Å². The van der Waals surface area contributed by atoms with E-state index in [9.17, 15) is 14.7 Å². The lowest BCUT2D eigenvalue weighted by molar-refractivity contribution is -0.122. The van der Waals surface area contributed by atoms with E-state index in [1.807, 2.05) is 29.8 Å². The third-order valence-electron chi connectivity index (χ3n) is 7.25. The maximum absolute atomic E-state index is 13.6. The molecule has 3 N–H and O–H groups in total. The van der Waals surface area contributed by atoms with Crippen molar-refractivity contribution in [3.05, 3.63) is 30.0 Å². The van der Waals surface area contributed by atoms with Crippen molar-refractivity contribution in [3.63, 3.8) is 0 Å². The standard InChI is InChI=1S/C30H47N5O5/c1-6-23(36)19-31-28(37)17-22(13-16-34-14-8-7-9-15-34)32-30(38)24-18-25(35(33-24)20-21(2)3)29-26(39-4)11-10-12-27(29)40-5/h10-12,18,21-23,36H,6-9,13-17,19-20H2,1-5H3,(H,31,37)(H,32,38)/t22-,23?/m0/s1. The Balaban J connectivity index is 1.83. The third-order valence-corrected chi connectivity index (χ3v) is 7.25. The minimum atomic E-state index is -0.583. The van der Waals surface area contributed by atoms with Crippen LogP contribution in [0.2, 0.25) is 0 Å². The largest absolute Gasteiger partial charge is 0.496 e. The van der Waals surface area contributed by atoms with Crippen LogP contribution in [0.1, 0.15) is 69.8 Å². The molecule has 1 saturated heterocycles. The number of benzene rings is 1. The highest BCUT2D eigenvalue weighted by atomic mass is 16.5. The molecule has 1 aromatic carbocycles. The first-order chi connectivity index (χ1) is 19.2. The molecule has 0 bridgehead atoms.